The molecule has 0 saturated heterocycles. The molecule has 1 aliphatic rings. The van der Waals surface area contributed by atoms with E-state index in [9.17, 15) is 13.2 Å². The highest BCUT2D eigenvalue weighted by Gasteiger charge is 2.43. The average molecular weight is 337 g/mol. The van der Waals surface area contributed by atoms with Gasteiger partial charge in [-0.3, -0.25) is 0 Å². The maximum atomic E-state index is 12.5. The zero-order chi connectivity index (χ0) is 16.1. The molecule has 0 atom stereocenters. The van der Waals surface area contributed by atoms with Crippen LogP contribution in [0.25, 0.3) is 0 Å². The van der Waals surface area contributed by atoms with E-state index in [2.05, 4.69) is 38.8 Å². The molecule has 0 aliphatic heterocycles. The first-order valence-corrected chi connectivity index (χ1v) is 10.9. The lowest BCUT2D eigenvalue weighted by molar-refractivity contribution is -0.140. The summed E-state index contributed by atoms with van der Waals surface area (Å²) in [6, 6.07) is 0. The van der Waals surface area contributed by atoms with E-state index in [4.69, 9.17) is 4.43 Å². The first kappa shape index (κ1) is 17.0. The van der Waals surface area contributed by atoms with Crippen LogP contribution in [0.3, 0.4) is 0 Å². The van der Waals surface area contributed by atoms with Crippen LogP contribution < -0.4 is 0 Å². The second kappa shape index (κ2) is 5.35. The minimum atomic E-state index is -4.34. The first-order chi connectivity index (χ1) is 9.40. The Bertz CT molecular complexity index is 501. The number of halogens is 3. The SMILES string of the molecule is CC(C)(C)[Si](C)(C)O[C@H]1C[C@@H](c2nc(C(F)(F)F)cs2)C1. The fraction of sp³-hybridized carbons (Fsp3) is 0.786. The van der Waals surface area contributed by atoms with E-state index in [1.807, 2.05) is 0 Å². The second-order valence-electron chi connectivity index (χ2n) is 7.24. The third kappa shape index (κ3) is 3.68. The monoisotopic (exact) mass is 337 g/mol. The predicted octanol–water partition coefficient (Wildman–Crippen LogP) is 5.43. The minimum Gasteiger partial charge on any atom is -0.414 e. The van der Waals surface area contributed by atoms with Crippen molar-refractivity contribution in [3.8, 4) is 0 Å². The Hall–Kier alpha value is -0.403. The van der Waals surface area contributed by atoms with Gasteiger partial charge in [0.15, 0.2) is 14.0 Å². The molecule has 1 saturated carbocycles. The van der Waals surface area contributed by atoms with Crippen molar-refractivity contribution in [1.29, 1.82) is 0 Å². The van der Waals surface area contributed by atoms with Gasteiger partial charge >= 0.3 is 6.18 Å². The van der Waals surface area contributed by atoms with E-state index in [0.29, 0.717) is 5.01 Å². The topological polar surface area (TPSA) is 22.1 Å². The highest BCUT2D eigenvalue weighted by atomic mass is 32.1. The standard InChI is InChI=1S/C14H22F3NOSSi/c1-13(2,3)21(4,5)19-10-6-9(7-10)12-18-11(8-20-12)14(15,16)17/h8-10H,6-7H2,1-5H3/t9-,10+. The van der Waals surface area contributed by atoms with Gasteiger partial charge in [-0.1, -0.05) is 20.8 Å². The van der Waals surface area contributed by atoms with E-state index in [1.165, 1.54) is 0 Å². The van der Waals surface area contributed by atoms with Crippen molar-refractivity contribution >= 4 is 19.7 Å². The smallest absolute Gasteiger partial charge is 0.414 e. The summed E-state index contributed by atoms with van der Waals surface area (Å²) in [5, 5.41) is 1.86. The summed E-state index contributed by atoms with van der Waals surface area (Å²) in [6.07, 6.45) is -2.58. The molecule has 7 heteroatoms. The summed E-state index contributed by atoms with van der Waals surface area (Å²) in [7, 11) is -1.79. The summed E-state index contributed by atoms with van der Waals surface area (Å²) < 4.78 is 43.9. The predicted molar refractivity (Wildman–Crippen MR) is 81.2 cm³/mol. The molecule has 1 aromatic rings. The highest BCUT2D eigenvalue weighted by molar-refractivity contribution is 7.09. The molecule has 2 rings (SSSR count). The summed E-state index contributed by atoms with van der Waals surface area (Å²) in [5.41, 5.74) is -0.767. The molecule has 1 aromatic heterocycles. The van der Waals surface area contributed by atoms with Crippen molar-refractivity contribution in [2.45, 2.75) is 69.9 Å². The Kier molecular flexibility index (Phi) is 4.32. The molecule has 0 bridgehead atoms. The zero-order valence-corrected chi connectivity index (χ0v) is 14.9. The first-order valence-electron chi connectivity index (χ1n) is 7.10. The highest BCUT2D eigenvalue weighted by Crippen LogP contribution is 2.45. The largest absolute Gasteiger partial charge is 0.434 e. The molecule has 0 aromatic carbocycles. The number of hydrogen-bond donors (Lipinski definition) is 0. The number of hydrogen-bond acceptors (Lipinski definition) is 3. The van der Waals surface area contributed by atoms with Crippen LogP contribution in [-0.2, 0) is 10.6 Å². The van der Waals surface area contributed by atoms with Crippen LogP contribution in [-0.4, -0.2) is 19.4 Å². The number of thiazole rings is 1. The summed E-state index contributed by atoms with van der Waals surface area (Å²) in [4.78, 5) is 3.73. The van der Waals surface area contributed by atoms with E-state index in [0.717, 1.165) is 29.6 Å². The molecule has 120 valence electrons. The second-order valence-corrected chi connectivity index (χ2v) is 12.9. The molecular weight excluding hydrogens is 315 g/mol. The Labute approximate surface area is 128 Å². The molecule has 1 aliphatic carbocycles. The molecule has 21 heavy (non-hydrogen) atoms. The molecule has 0 spiro atoms. The van der Waals surface area contributed by atoms with Crippen LogP contribution in [0.1, 0.15) is 50.2 Å². The van der Waals surface area contributed by atoms with Gasteiger partial charge in [0.1, 0.15) is 0 Å². The van der Waals surface area contributed by atoms with Crippen molar-refractivity contribution in [1.82, 2.24) is 4.98 Å². The number of aromatic nitrogens is 1. The lowest BCUT2D eigenvalue weighted by Crippen LogP contribution is -2.47. The Balaban J connectivity index is 1.91. The minimum absolute atomic E-state index is 0.126. The van der Waals surface area contributed by atoms with Crippen LogP contribution >= 0.6 is 11.3 Å². The van der Waals surface area contributed by atoms with Crippen molar-refractivity contribution < 1.29 is 17.6 Å². The van der Waals surface area contributed by atoms with E-state index < -0.39 is 20.2 Å². The number of nitrogens with zero attached hydrogens (tertiary/aromatic N) is 1. The zero-order valence-electron chi connectivity index (χ0n) is 13.0. The van der Waals surface area contributed by atoms with Gasteiger partial charge < -0.3 is 4.43 Å². The van der Waals surface area contributed by atoms with Crippen LogP contribution in [0.4, 0.5) is 13.2 Å². The van der Waals surface area contributed by atoms with Gasteiger partial charge in [0.2, 0.25) is 0 Å². The molecular formula is C14H22F3NOSSi. The quantitative estimate of drug-likeness (QED) is 0.686. The van der Waals surface area contributed by atoms with Gasteiger partial charge in [-0.15, -0.1) is 11.3 Å². The molecule has 2 nitrogen and oxygen atoms in total. The van der Waals surface area contributed by atoms with Crippen molar-refractivity contribution in [3.05, 3.63) is 16.1 Å². The third-order valence-electron chi connectivity index (χ3n) is 4.52. The average Bonchev–Trinajstić information content (AvgIpc) is 2.69. The van der Waals surface area contributed by atoms with Gasteiger partial charge in [-0.05, 0) is 31.0 Å². The normalized spacial score (nSPS) is 24.0. The van der Waals surface area contributed by atoms with Gasteiger partial charge in [-0.25, -0.2) is 4.98 Å². The lowest BCUT2D eigenvalue weighted by atomic mass is 9.83. The molecule has 0 N–H and O–H groups in total. The van der Waals surface area contributed by atoms with Crippen molar-refractivity contribution in [3.63, 3.8) is 0 Å². The summed E-state index contributed by atoms with van der Waals surface area (Å²) in [5.74, 6) is 0.126. The van der Waals surface area contributed by atoms with Gasteiger partial charge in [0.05, 0.1) is 5.01 Å². The van der Waals surface area contributed by atoms with Gasteiger partial charge in [-0.2, -0.15) is 13.2 Å². The number of rotatable bonds is 3. The Morgan fingerprint density at radius 1 is 1.24 bits per heavy atom. The fourth-order valence-electron chi connectivity index (χ4n) is 2.06. The summed E-state index contributed by atoms with van der Waals surface area (Å²) >= 11 is 1.11. The van der Waals surface area contributed by atoms with E-state index >= 15 is 0 Å². The Morgan fingerprint density at radius 3 is 2.24 bits per heavy atom. The third-order valence-corrected chi connectivity index (χ3v) is 10.1. The Morgan fingerprint density at radius 2 is 1.81 bits per heavy atom. The molecule has 0 radical (unpaired) electrons. The maximum absolute atomic E-state index is 12.5. The van der Waals surface area contributed by atoms with Crippen LogP contribution in [0.2, 0.25) is 18.1 Å². The fourth-order valence-corrected chi connectivity index (χ4v) is 4.40. The van der Waals surface area contributed by atoms with E-state index in [-0.39, 0.29) is 17.1 Å². The molecule has 0 amide bonds. The van der Waals surface area contributed by atoms with Gasteiger partial charge in [0, 0.05) is 17.4 Å². The molecule has 0 unspecified atom stereocenters. The van der Waals surface area contributed by atoms with Crippen LogP contribution in [0, 0.1) is 0 Å². The van der Waals surface area contributed by atoms with Crippen molar-refractivity contribution in [2.24, 2.45) is 0 Å². The molecule has 1 fully saturated rings. The van der Waals surface area contributed by atoms with Crippen LogP contribution in [0.15, 0.2) is 5.38 Å². The van der Waals surface area contributed by atoms with Crippen molar-refractivity contribution in [2.75, 3.05) is 0 Å². The van der Waals surface area contributed by atoms with E-state index in [1.54, 1.807) is 0 Å². The summed E-state index contributed by atoms with van der Waals surface area (Å²) in [6.45, 7) is 11.0. The number of alkyl halides is 3. The lowest BCUT2D eigenvalue weighted by Gasteiger charge is -2.44. The van der Waals surface area contributed by atoms with Crippen LogP contribution in [0.5, 0.6) is 0 Å². The van der Waals surface area contributed by atoms with Gasteiger partial charge in [0.25, 0.3) is 0 Å². The maximum Gasteiger partial charge on any atom is 0.434 e. The molecule has 1 heterocycles.